The summed E-state index contributed by atoms with van der Waals surface area (Å²) in [5, 5.41) is 5.33. The van der Waals surface area contributed by atoms with E-state index in [0.29, 0.717) is 17.4 Å². The molecule has 0 N–H and O–H groups in total. The molecule has 3 aromatic rings. The van der Waals surface area contributed by atoms with E-state index in [1.807, 2.05) is 48.5 Å². The Morgan fingerprint density at radius 1 is 0.962 bits per heavy atom. The van der Waals surface area contributed by atoms with Crippen molar-refractivity contribution in [2.45, 2.75) is 6.67 Å². The molecular weight excluding hydrogens is 368 g/mol. The monoisotopic (exact) mass is 386 g/mol. The lowest BCUT2D eigenvalue weighted by molar-refractivity contribution is 0.192. The molecule has 4 rings (SSSR count). The molecular formula is C19H19ClN4OS. The highest BCUT2D eigenvalue weighted by atomic mass is 35.5. The van der Waals surface area contributed by atoms with Crippen LogP contribution in [0.1, 0.15) is 0 Å². The Labute approximate surface area is 162 Å². The highest BCUT2D eigenvalue weighted by molar-refractivity contribution is 7.71. The van der Waals surface area contributed by atoms with E-state index in [1.165, 1.54) is 0 Å². The number of hydrogen-bond acceptors (Lipinski definition) is 5. The highest BCUT2D eigenvalue weighted by Gasteiger charge is 2.20. The van der Waals surface area contributed by atoms with E-state index < -0.39 is 0 Å². The van der Waals surface area contributed by atoms with Gasteiger partial charge in [0.2, 0.25) is 5.89 Å². The molecule has 2 heterocycles. The number of nitrogens with zero attached hydrogens (tertiary/aromatic N) is 4. The van der Waals surface area contributed by atoms with E-state index in [-0.39, 0.29) is 0 Å². The van der Waals surface area contributed by atoms with Crippen LogP contribution in [0.15, 0.2) is 59.0 Å². The van der Waals surface area contributed by atoms with Gasteiger partial charge in [-0.1, -0.05) is 41.9 Å². The molecule has 0 spiro atoms. The van der Waals surface area contributed by atoms with Crippen LogP contribution in [-0.4, -0.2) is 40.9 Å². The SMILES string of the molecule is S=c1oc(-c2ccccc2)nn1CN1CCN(c2ccccc2Cl)CC1. The van der Waals surface area contributed by atoms with Crippen molar-refractivity contribution in [3.63, 3.8) is 0 Å². The highest BCUT2D eigenvalue weighted by Crippen LogP contribution is 2.26. The molecule has 26 heavy (non-hydrogen) atoms. The molecule has 1 aliphatic heterocycles. The molecule has 0 bridgehead atoms. The average molecular weight is 387 g/mol. The first-order chi connectivity index (χ1) is 12.7. The van der Waals surface area contributed by atoms with Crippen molar-refractivity contribution in [3.05, 3.63) is 64.5 Å². The maximum absolute atomic E-state index is 6.31. The van der Waals surface area contributed by atoms with Crippen molar-refractivity contribution < 1.29 is 4.42 Å². The maximum Gasteiger partial charge on any atom is 0.288 e. The molecule has 0 aliphatic carbocycles. The summed E-state index contributed by atoms with van der Waals surface area (Å²) >= 11 is 11.6. The Hall–Kier alpha value is -2.15. The normalized spacial score (nSPS) is 15.3. The van der Waals surface area contributed by atoms with E-state index in [0.717, 1.165) is 42.5 Å². The van der Waals surface area contributed by atoms with Gasteiger partial charge in [0, 0.05) is 31.7 Å². The molecule has 1 aromatic heterocycles. The van der Waals surface area contributed by atoms with Gasteiger partial charge < -0.3 is 9.32 Å². The molecule has 0 unspecified atom stereocenters. The minimum Gasteiger partial charge on any atom is -0.409 e. The zero-order chi connectivity index (χ0) is 17.9. The molecule has 2 aromatic carbocycles. The number of hydrogen-bond donors (Lipinski definition) is 0. The number of rotatable bonds is 4. The van der Waals surface area contributed by atoms with Crippen LogP contribution < -0.4 is 4.90 Å². The summed E-state index contributed by atoms with van der Waals surface area (Å²) in [7, 11) is 0. The molecule has 5 nitrogen and oxygen atoms in total. The molecule has 0 saturated carbocycles. The van der Waals surface area contributed by atoms with Crippen LogP contribution in [0.25, 0.3) is 11.5 Å². The van der Waals surface area contributed by atoms with Crippen molar-refractivity contribution in [3.8, 4) is 11.5 Å². The molecule has 0 atom stereocenters. The van der Waals surface area contributed by atoms with Gasteiger partial charge in [-0.3, -0.25) is 4.90 Å². The quantitative estimate of drug-likeness (QED) is 0.625. The van der Waals surface area contributed by atoms with Crippen molar-refractivity contribution in [1.29, 1.82) is 0 Å². The molecule has 134 valence electrons. The van der Waals surface area contributed by atoms with Gasteiger partial charge in [-0.2, -0.15) is 0 Å². The Morgan fingerprint density at radius 3 is 2.38 bits per heavy atom. The van der Waals surface area contributed by atoms with Gasteiger partial charge in [0.05, 0.1) is 17.4 Å². The lowest BCUT2D eigenvalue weighted by Crippen LogP contribution is -2.47. The summed E-state index contributed by atoms with van der Waals surface area (Å²) in [5.41, 5.74) is 2.03. The van der Waals surface area contributed by atoms with E-state index in [1.54, 1.807) is 4.68 Å². The van der Waals surface area contributed by atoms with Crippen LogP contribution >= 0.6 is 23.8 Å². The fourth-order valence-corrected chi connectivity index (χ4v) is 3.55. The minimum atomic E-state index is 0.400. The second kappa shape index (κ2) is 7.61. The number of para-hydroxylation sites is 1. The topological polar surface area (TPSA) is 37.4 Å². The molecule has 1 saturated heterocycles. The number of halogens is 1. The first-order valence-electron chi connectivity index (χ1n) is 8.56. The Balaban J connectivity index is 1.41. The Morgan fingerprint density at radius 2 is 1.65 bits per heavy atom. The van der Waals surface area contributed by atoms with Gasteiger partial charge in [-0.25, -0.2) is 4.68 Å². The Kier molecular flexibility index (Phi) is 5.06. The molecule has 7 heteroatoms. The average Bonchev–Trinajstić information content (AvgIpc) is 3.04. The fraction of sp³-hybridized carbons (Fsp3) is 0.263. The summed E-state index contributed by atoms with van der Waals surface area (Å²) < 4.78 is 7.41. The zero-order valence-electron chi connectivity index (χ0n) is 14.2. The predicted octanol–water partition coefficient (Wildman–Crippen LogP) is 4.31. The van der Waals surface area contributed by atoms with Gasteiger partial charge in [0.15, 0.2) is 0 Å². The molecule has 0 radical (unpaired) electrons. The van der Waals surface area contributed by atoms with Gasteiger partial charge in [-0.05, 0) is 36.5 Å². The summed E-state index contributed by atoms with van der Waals surface area (Å²) in [6.45, 7) is 4.30. The largest absolute Gasteiger partial charge is 0.409 e. The van der Waals surface area contributed by atoms with E-state index in [4.69, 9.17) is 28.2 Å². The summed E-state index contributed by atoms with van der Waals surface area (Å²) in [5.74, 6) is 0.560. The molecule has 1 aliphatic rings. The second-order valence-corrected chi connectivity index (χ2v) is 6.99. The van der Waals surface area contributed by atoms with E-state index >= 15 is 0 Å². The number of piperazine rings is 1. The van der Waals surface area contributed by atoms with Crippen LogP contribution in [0.5, 0.6) is 0 Å². The lowest BCUT2D eigenvalue weighted by Gasteiger charge is -2.36. The van der Waals surface area contributed by atoms with Crippen LogP contribution in [0.3, 0.4) is 0 Å². The maximum atomic E-state index is 6.31. The minimum absolute atomic E-state index is 0.400. The second-order valence-electron chi connectivity index (χ2n) is 6.24. The van der Waals surface area contributed by atoms with Gasteiger partial charge in [0.25, 0.3) is 4.84 Å². The van der Waals surface area contributed by atoms with Crippen molar-refractivity contribution in [1.82, 2.24) is 14.7 Å². The summed E-state index contributed by atoms with van der Waals surface area (Å²) in [4.78, 5) is 5.04. The van der Waals surface area contributed by atoms with Gasteiger partial charge in [-0.15, -0.1) is 5.10 Å². The third-order valence-electron chi connectivity index (χ3n) is 4.53. The molecule has 0 amide bonds. The third kappa shape index (κ3) is 3.67. The standard InChI is InChI=1S/C19H19ClN4OS/c20-16-8-4-5-9-17(16)23-12-10-22(11-13-23)14-24-19(26)25-18(21-24)15-6-2-1-3-7-15/h1-9H,10-14H2. The van der Waals surface area contributed by atoms with Crippen LogP contribution in [-0.2, 0) is 6.67 Å². The van der Waals surface area contributed by atoms with Crippen molar-refractivity contribution >= 4 is 29.5 Å². The van der Waals surface area contributed by atoms with Crippen LogP contribution in [0.4, 0.5) is 5.69 Å². The predicted molar refractivity (Wildman–Crippen MR) is 106 cm³/mol. The first kappa shape index (κ1) is 17.3. The van der Waals surface area contributed by atoms with E-state index in [9.17, 15) is 0 Å². The fourth-order valence-electron chi connectivity index (χ4n) is 3.12. The Bertz CT molecular complexity index is 932. The first-order valence-corrected chi connectivity index (χ1v) is 9.34. The summed E-state index contributed by atoms with van der Waals surface area (Å²) in [6.07, 6.45) is 0. The van der Waals surface area contributed by atoms with Crippen molar-refractivity contribution in [2.24, 2.45) is 0 Å². The lowest BCUT2D eigenvalue weighted by atomic mass is 10.2. The summed E-state index contributed by atoms with van der Waals surface area (Å²) in [6, 6.07) is 17.8. The third-order valence-corrected chi connectivity index (χ3v) is 5.14. The van der Waals surface area contributed by atoms with Crippen LogP contribution in [0.2, 0.25) is 5.02 Å². The van der Waals surface area contributed by atoms with Crippen molar-refractivity contribution in [2.75, 3.05) is 31.1 Å². The smallest absolute Gasteiger partial charge is 0.288 e. The molecule has 1 fully saturated rings. The zero-order valence-corrected chi connectivity index (χ0v) is 15.8. The number of aromatic nitrogens is 2. The van der Waals surface area contributed by atoms with Crippen LogP contribution in [0, 0.1) is 4.84 Å². The van der Waals surface area contributed by atoms with Gasteiger partial charge >= 0.3 is 0 Å². The number of anilines is 1. The number of benzene rings is 2. The van der Waals surface area contributed by atoms with E-state index in [2.05, 4.69) is 21.0 Å². The van der Waals surface area contributed by atoms with Gasteiger partial charge in [0.1, 0.15) is 0 Å².